The molecule has 0 saturated carbocycles. The maximum Gasteiger partial charge on any atom is 0.305 e. The van der Waals surface area contributed by atoms with Gasteiger partial charge in [0.15, 0.2) is 6.29 Å². The van der Waals surface area contributed by atoms with Gasteiger partial charge in [-0.3, -0.25) is 9.59 Å². The van der Waals surface area contributed by atoms with Gasteiger partial charge in [-0.15, -0.1) is 34.8 Å². The zero-order valence-corrected chi connectivity index (χ0v) is 25.1. The van der Waals surface area contributed by atoms with Gasteiger partial charge in [0, 0.05) is 12.8 Å². The lowest BCUT2D eigenvalue weighted by Gasteiger charge is -2.43. The SMILES string of the molecule is O=C(CCCCC(=O)OC[C@@H](O)[C@@H](O)[C@H](O)C(O)CO)OCC1OC(OC2(CCl)OC(CCl)[C@@H](O)[C@@H]2O)[C@@H](O)[C@@H](O)C1Cl. The summed E-state index contributed by atoms with van der Waals surface area (Å²) in [5.74, 6) is -4.26. The third kappa shape index (κ3) is 10.2. The number of carbonyl (C=O) groups excluding carboxylic acids is 2. The maximum absolute atomic E-state index is 12.2. The number of ether oxygens (including phenoxy) is 5. The van der Waals surface area contributed by atoms with Crippen molar-refractivity contribution in [3.63, 3.8) is 0 Å². The summed E-state index contributed by atoms with van der Waals surface area (Å²) < 4.78 is 26.6. The summed E-state index contributed by atoms with van der Waals surface area (Å²) in [6.07, 6.45) is -17.5. The van der Waals surface area contributed by atoms with Gasteiger partial charge in [0.2, 0.25) is 5.79 Å². The first-order chi connectivity index (χ1) is 20.2. The normalized spacial score (nSPS) is 35.6. The summed E-state index contributed by atoms with van der Waals surface area (Å²) in [5.41, 5.74) is 0. The highest BCUT2D eigenvalue weighted by atomic mass is 35.5. The fraction of sp³-hybridized carbons (Fsp3) is 0.917. The minimum Gasteiger partial charge on any atom is -0.463 e. The lowest BCUT2D eigenvalue weighted by Crippen LogP contribution is -2.61. The Morgan fingerprint density at radius 3 is 1.95 bits per heavy atom. The fourth-order valence-corrected chi connectivity index (χ4v) is 5.05. The quantitative estimate of drug-likeness (QED) is 0.0406. The molecule has 2 aliphatic heterocycles. The Morgan fingerprint density at radius 2 is 1.42 bits per heavy atom. The Morgan fingerprint density at radius 1 is 0.837 bits per heavy atom. The minimum absolute atomic E-state index is 0.141. The number of halogens is 3. The van der Waals surface area contributed by atoms with Crippen LogP contribution in [0.15, 0.2) is 0 Å². The second kappa shape index (κ2) is 17.9. The molecule has 0 aromatic carbocycles. The third-order valence-electron chi connectivity index (χ3n) is 6.94. The third-order valence-corrected chi connectivity index (χ3v) is 8.16. The fourth-order valence-electron chi connectivity index (χ4n) is 4.24. The van der Waals surface area contributed by atoms with Crippen molar-refractivity contribution in [2.45, 2.75) is 104 Å². The van der Waals surface area contributed by atoms with Gasteiger partial charge >= 0.3 is 11.9 Å². The highest BCUT2D eigenvalue weighted by molar-refractivity contribution is 6.21. The van der Waals surface area contributed by atoms with E-state index in [0.717, 1.165) is 0 Å². The molecular formula is C24H39Cl3O16. The second-order valence-corrected chi connectivity index (χ2v) is 11.2. The van der Waals surface area contributed by atoms with Crippen molar-refractivity contribution in [3.05, 3.63) is 0 Å². The van der Waals surface area contributed by atoms with Crippen LogP contribution >= 0.6 is 34.8 Å². The number of carbonyl (C=O) groups is 2. The van der Waals surface area contributed by atoms with Gasteiger partial charge in [-0.2, -0.15) is 0 Å². The number of alkyl halides is 3. The van der Waals surface area contributed by atoms with E-state index < -0.39 is 116 Å². The number of rotatable bonds is 17. The van der Waals surface area contributed by atoms with Gasteiger partial charge < -0.3 is 69.6 Å². The van der Waals surface area contributed by atoms with Gasteiger partial charge in [0.25, 0.3) is 0 Å². The molecule has 2 saturated heterocycles. The van der Waals surface area contributed by atoms with Gasteiger partial charge in [0.1, 0.15) is 74.3 Å². The molecule has 0 amide bonds. The largest absolute Gasteiger partial charge is 0.463 e. The van der Waals surface area contributed by atoms with E-state index in [1.807, 2.05) is 0 Å². The molecule has 43 heavy (non-hydrogen) atoms. The topological polar surface area (TPSA) is 262 Å². The predicted octanol–water partition coefficient (Wildman–Crippen LogP) is -3.57. The standard InChI is InChI=1S/C24H39Cl3O16/c25-5-12-19(35)22(38)24(9-26,42-12)43-23-21(37)20(36)16(27)13(41-23)8-40-15(32)4-2-1-3-14(31)39-7-11(30)18(34)17(33)10(29)6-28/h10-13,16-23,28-30,33-38H,1-9H2/t10?,11-,12?,13?,16?,17-,18-,19-,20+,21+,22+,23?,24?/m1/s1. The molecular weight excluding hydrogens is 651 g/mol. The number of unbranched alkanes of at least 4 members (excludes halogenated alkanes) is 1. The van der Waals surface area contributed by atoms with E-state index >= 15 is 0 Å². The summed E-state index contributed by atoms with van der Waals surface area (Å²) in [7, 11) is 0. The summed E-state index contributed by atoms with van der Waals surface area (Å²) in [6.45, 7) is -2.01. The first-order valence-electron chi connectivity index (χ1n) is 13.4. The minimum atomic E-state index is -2.05. The van der Waals surface area contributed by atoms with Gasteiger partial charge in [-0.1, -0.05) is 0 Å². The van der Waals surface area contributed by atoms with Crippen molar-refractivity contribution in [3.8, 4) is 0 Å². The van der Waals surface area contributed by atoms with Crippen LogP contribution in [0.3, 0.4) is 0 Å². The Labute approximate surface area is 261 Å². The lowest BCUT2D eigenvalue weighted by molar-refractivity contribution is -0.357. The molecule has 0 aliphatic carbocycles. The van der Waals surface area contributed by atoms with Gasteiger partial charge in [-0.25, -0.2) is 0 Å². The summed E-state index contributed by atoms with van der Waals surface area (Å²) in [5, 5.41) is 87.2. The molecule has 2 heterocycles. The van der Waals surface area contributed by atoms with Crippen LogP contribution in [-0.2, 0) is 33.3 Å². The van der Waals surface area contributed by atoms with Crippen molar-refractivity contribution in [1.82, 2.24) is 0 Å². The molecule has 0 aromatic rings. The number of hydrogen-bond acceptors (Lipinski definition) is 16. The van der Waals surface area contributed by atoms with E-state index in [1.54, 1.807) is 0 Å². The molecule has 19 heteroatoms. The Bertz CT molecular complexity index is 874. The number of aliphatic hydroxyl groups excluding tert-OH is 9. The monoisotopic (exact) mass is 688 g/mol. The Hall–Kier alpha value is -0.670. The molecule has 2 fully saturated rings. The molecule has 6 unspecified atom stereocenters. The first-order valence-corrected chi connectivity index (χ1v) is 14.9. The zero-order valence-electron chi connectivity index (χ0n) is 22.8. The first kappa shape index (κ1) is 38.5. The van der Waals surface area contributed by atoms with Crippen molar-refractivity contribution in [1.29, 1.82) is 0 Å². The van der Waals surface area contributed by atoms with Crippen LogP contribution in [0.25, 0.3) is 0 Å². The smallest absolute Gasteiger partial charge is 0.305 e. The van der Waals surface area contributed by atoms with E-state index in [2.05, 4.69) is 0 Å². The molecule has 2 rings (SSSR count). The van der Waals surface area contributed by atoms with Crippen molar-refractivity contribution >= 4 is 46.7 Å². The Balaban J connectivity index is 1.77. The van der Waals surface area contributed by atoms with E-state index in [9.17, 15) is 50.4 Å². The van der Waals surface area contributed by atoms with Gasteiger partial charge in [0.05, 0.1) is 23.7 Å². The molecule has 252 valence electrons. The van der Waals surface area contributed by atoms with Crippen LogP contribution in [0.1, 0.15) is 25.7 Å². The van der Waals surface area contributed by atoms with Gasteiger partial charge in [-0.05, 0) is 12.8 Å². The number of hydrogen-bond donors (Lipinski definition) is 9. The summed E-state index contributed by atoms with van der Waals surface area (Å²) >= 11 is 17.8. The highest BCUT2D eigenvalue weighted by Crippen LogP contribution is 2.38. The molecule has 9 N–H and O–H groups in total. The van der Waals surface area contributed by atoms with Crippen molar-refractivity contribution in [2.75, 3.05) is 31.6 Å². The van der Waals surface area contributed by atoms with Crippen LogP contribution in [0, 0.1) is 0 Å². The maximum atomic E-state index is 12.2. The average molecular weight is 690 g/mol. The van der Waals surface area contributed by atoms with Crippen molar-refractivity contribution < 1.29 is 79.2 Å². The zero-order chi connectivity index (χ0) is 32.5. The summed E-state index contributed by atoms with van der Waals surface area (Å²) in [6, 6.07) is 0. The van der Waals surface area contributed by atoms with Crippen LogP contribution in [0.2, 0.25) is 0 Å². The van der Waals surface area contributed by atoms with E-state index in [-0.39, 0.29) is 31.6 Å². The van der Waals surface area contributed by atoms with Crippen LogP contribution in [0.5, 0.6) is 0 Å². The van der Waals surface area contributed by atoms with E-state index in [1.165, 1.54) is 0 Å². The van der Waals surface area contributed by atoms with E-state index in [0.29, 0.717) is 0 Å². The molecule has 0 radical (unpaired) electrons. The molecule has 16 nitrogen and oxygen atoms in total. The van der Waals surface area contributed by atoms with Crippen LogP contribution < -0.4 is 0 Å². The molecule has 0 aromatic heterocycles. The number of aliphatic hydroxyl groups is 9. The molecule has 2 aliphatic rings. The Kier molecular flexibility index (Phi) is 16.0. The van der Waals surface area contributed by atoms with Crippen LogP contribution in [-0.4, -0.2) is 168 Å². The second-order valence-electron chi connectivity index (χ2n) is 10.1. The molecule has 13 atom stereocenters. The number of esters is 2. The molecule has 0 bridgehead atoms. The predicted molar refractivity (Wildman–Crippen MR) is 144 cm³/mol. The molecule has 0 spiro atoms. The summed E-state index contributed by atoms with van der Waals surface area (Å²) in [4.78, 5) is 24.1. The van der Waals surface area contributed by atoms with Crippen LogP contribution in [0.4, 0.5) is 0 Å². The lowest BCUT2D eigenvalue weighted by atomic mass is 10.0. The van der Waals surface area contributed by atoms with Crippen molar-refractivity contribution in [2.24, 2.45) is 0 Å². The average Bonchev–Trinajstić information content (AvgIpc) is 3.25. The van der Waals surface area contributed by atoms with E-state index in [4.69, 9.17) is 63.6 Å². The highest BCUT2D eigenvalue weighted by Gasteiger charge is 2.58.